The zero-order valence-electron chi connectivity index (χ0n) is 14.8. The van der Waals surface area contributed by atoms with Crippen LogP contribution < -0.4 is 5.32 Å². The molecule has 5 nitrogen and oxygen atoms in total. The van der Waals surface area contributed by atoms with Crippen molar-refractivity contribution >= 4 is 15.9 Å². The number of benzene rings is 1. The summed E-state index contributed by atoms with van der Waals surface area (Å²) in [6.07, 6.45) is 2.21. The number of carbonyl (C=O) groups is 1. The Morgan fingerprint density at radius 2 is 1.96 bits per heavy atom. The molecule has 0 spiro atoms. The lowest BCUT2D eigenvalue weighted by Crippen LogP contribution is -2.51. The van der Waals surface area contributed by atoms with Crippen molar-refractivity contribution in [3.63, 3.8) is 0 Å². The van der Waals surface area contributed by atoms with Crippen molar-refractivity contribution in [2.24, 2.45) is 5.92 Å². The first-order valence-electron chi connectivity index (χ1n) is 8.57. The van der Waals surface area contributed by atoms with Gasteiger partial charge in [0.25, 0.3) is 0 Å². The Morgan fingerprint density at radius 1 is 1.29 bits per heavy atom. The van der Waals surface area contributed by atoms with Crippen molar-refractivity contribution in [3.05, 3.63) is 35.9 Å². The third kappa shape index (κ3) is 5.05. The molecule has 1 aromatic rings. The van der Waals surface area contributed by atoms with E-state index in [1.807, 2.05) is 44.2 Å². The van der Waals surface area contributed by atoms with Gasteiger partial charge in [-0.05, 0) is 45.6 Å². The van der Waals surface area contributed by atoms with Gasteiger partial charge >= 0.3 is 0 Å². The molecular weight excluding hydrogens is 324 g/mol. The van der Waals surface area contributed by atoms with E-state index in [4.69, 9.17) is 0 Å². The van der Waals surface area contributed by atoms with Gasteiger partial charge in [0.05, 0.1) is 11.7 Å². The molecular formula is C18H28N2O3S. The lowest BCUT2D eigenvalue weighted by molar-refractivity contribution is -0.127. The van der Waals surface area contributed by atoms with Gasteiger partial charge in [-0.2, -0.15) is 0 Å². The summed E-state index contributed by atoms with van der Waals surface area (Å²) < 4.78 is 25.5. The van der Waals surface area contributed by atoms with Gasteiger partial charge in [-0.3, -0.25) is 4.79 Å². The number of nitrogens with zero attached hydrogens (tertiary/aromatic N) is 1. The van der Waals surface area contributed by atoms with Gasteiger partial charge in [0.1, 0.15) is 0 Å². The molecule has 134 valence electrons. The molecule has 1 aromatic carbocycles. The van der Waals surface area contributed by atoms with Crippen LogP contribution in [0.1, 0.15) is 39.2 Å². The maximum Gasteiger partial charge on any atom is 0.224 e. The fourth-order valence-electron chi connectivity index (χ4n) is 3.18. The van der Waals surface area contributed by atoms with Gasteiger partial charge in [-0.25, -0.2) is 12.7 Å². The monoisotopic (exact) mass is 352 g/mol. The van der Waals surface area contributed by atoms with Gasteiger partial charge in [0, 0.05) is 18.6 Å². The molecule has 2 rings (SSSR count). The van der Waals surface area contributed by atoms with Crippen LogP contribution in [-0.4, -0.2) is 43.0 Å². The van der Waals surface area contributed by atoms with Crippen LogP contribution in [0.25, 0.3) is 0 Å². The third-order valence-corrected chi connectivity index (χ3v) is 6.31. The predicted octanol–water partition coefficient (Wildman–Crippen LogP) is 2.19. The molecule has 1 aliphatic rings. The zero-order chi connectivity index (χ0) is 17.8. The molecule has 1 atom stereocenters. The number of carbonyl (C=O) groups excluding carboxylic acids is 1. The summed E-state index contributed by atoms with van der Waals surface area (Å²) in [5.41, 5.74) is 0.797. The lowest BCUT2D eigenvalue weighted by Gasteiger charge is -2.34. The first kappa shape index (κ1) is 18.9. The van der Waals surface area contributed by atoms with E-state index < -0.39 is 10.0 Å². The van der Waals surface area contributed by atoms with E-state index in [9.17, 15) is 13.2 Å². The van der Waals surface area contributed by atoms with Crippen LogP contribution in [-0.2, 0) is 21.2 Å². The fraction of sp³-hybridized carbons (Fsp3) is 0.611. The first-order valence-corrected chi connectivity index (χ1v) is 10.2. The normalized spacial score (nSPS) is 19.9. The van der Waals surface area contributed by atoms with Crippen LogP contribution in [0.2, 0.25) is 0 Å². The van der Waals surface area contributed by atoms with Gasteiger partial charge in [-0.1, -0.05) is 30.3 Å². The number of amides is 1. The highest BCUT2D eigenvalue weighted by atomic mass is 32.2. The van der Waals surface area contributed by atoms with E-state index in [-0.39, 0.29) is 23.1 Å². The quantitative estimate of drug-likeness (QED) is 0.853. The van der Waals surface area contributed by atoms with Crippen LogP contribution >= 0.6 is 0 Å². The molecule has 0 aliphatic carbocycles. The average Bonchev–Trinajstić information content (AvgIpc) is 2.55. The Balaban J connectivity index is 1.98. The van der Waals surface area contributed by atoms with Crippen LogP contribution in [0.15, 0.2) is 30.3 Å². The van der Waals surface area contributed by atoms with E-state index in [0.717, 1.165) is 19.3 Å². The Kier molecular flexibility index (Phi) is 6.04. The second-order valence-electron chi connectivity index (χ2n) is 7.13. The number of hydrogen-bond donors (Lipinski definition) is 1. The minimum atomic E-state index is -3.23. The number of hydrogen-bond acceptors (Lipinski definition) is 3. The van der Waals surface area contributed by atoms with E-state index in [1.54, 1.807) is 6.92 Å². The van der Waals surface area contributed by atoms with Crippen molar-refractivity contribution in [1.29, 1.82) is 0 Å². The zero-order valence-corrected chi connectivity index (χ0v) is 15.6. The minimum Gasteiger partial charge on any atom is -0.351 e. The number of sulfonamides is 1. The highest BCUT2D eigenvalue weighted by molar-refractivity contribution is 7.89. The molecule has 0 saturated carbocycles. The van der Waals surface area contributed by atoms with Gasteiger partial charge in [-0.15, -0.1) is 0 Å². The average molecular weight is 353 g/mol. The van der Waals surface area contributed by atoms with Crippen molar-refractivity contribution in [3.8, 4) is 0 Å². The summed E-state index contributed by atoms with van der Waals surface area (Å²) >= 11 is 0. The van der Waals surface area contributed by atoms with Crippen molar-refractivity contribution in [1.82, 2.24) is 9.62 Å². The van der Waals surface area contributed by atoms with E-state index in [2.05, 4.69) is 5.32 Å². The van der Waals surface area contributed by atoms with Crippen LogP contribution in [0.5, 0.6) is 0 Å². The Labute approximate surface area is 145 Å². The number of rotatable bonds is 6. The second-order valence-corrected chi connectivity index (χ2v) is 9.39. The second kappa shape index (κ2) is 7.66. The molecule has 0 unspecified atom stereocenters. The minimum absolute atomic E-state index is 0.0491. The largest absolute Gasteiger partial charge is 0.351 e. The summed E-state index contributed by atoms with van der Waals surface area (Å²) in [5, 5.41) is 3.10. The molecule has 1 amide bonds. The number of piperidine rings is 1. The fourth-order valence-corrected chi connectivity index (χ4v) is 4.36. The first-order chi connectivity index (χ1) is 11.2. The smallest absolute Gasteiger partial charge is 0.224 e. The Morgan fingerprint density at radius 3 is 2.58 bits per heavy atom. The van der Waals surface area contributed by atoms with Crippen molar-refractivity contribution < 1.29 is 13.2 Å². The molecule has 1 N–H and O–H groups in total. The van der Waals surface area contributed by atoms with Gasteiger partial charge < -0.3 is 5.32 Å². The van der Waals surface area contributed by atoms with Crippen LogP contribution in [0.3, 0.4) is 0 Å². The topological polar surface area (TPSA) is 66.5 Å². The SMILES string of the molecule is CCS(=O)(=O)N1CCC[C@@H](C(=O)NC(C)(C)Cc2ccccc2)C1. The number of nitrogens with one attached hydrogen (secondary N) is 1. The van der Waals surface area contributed by atoms with E-state index in [0.29, 0.717) is 13.1 Å². The van der Waals surface area contributed by atoms with Crippen molar-refractivity contribution in [2.75, 3.05) is 18.8 Å². The predicted molar refractivity (Wildman–Crippen MR) is 96.1 cm³/mol. The Hall–Kier alpha value is -1.40. The molecule has 6 heteroatoms. The molecule has 1 saturated heterocycles. The van der Waals surface area contributed by atoms with Crippen LogP contribution in [0.4, 0.5) is 0 Å². The maximum atomic E-state index is 12.6. The highest BCUT2D eigenvalue weighted by Crippen LogP contribution is 2.21. The molecule has 1 heterocycles. The molecule has 1 aliphatic heterocycles. The maximum absolute atomic E-state index is 12.6. The molecule has 1 fully saturated rings. The molecule has 24 heavy (non-hydrogen) atoms. The van der Waals surface area contributed by atoms with E-state index in [1.165, 1.54) is 9.87 Å². The third-order valence-electron chi connectivity index (χ3n) is 4.46. The summed E-state index contributed by atoms with van der Waals surface area (Å²) in [4.78, 5) is 12.6. The Bertz CT molecular complexity index is 656. The standard InChI is InChI=1S/C18H28N2O3S/c1-4-24(22,23)20-12-8-11-16(14-20)17(21)19-18(2,3)13-15-9-6-5-7-10-15/h5-7,9-10,16H,4,8,11-14H2,1-3H3,(H,19,21)/t16-/m1/s1. The van der Waals surface area contributed by atoms with E-state index >= 15 is 0 Å². The summed E-state index contributed by atoms with van der Waals surface area (Å²) in [6, 6.07) is 10.0. The lowest BCUT2D eigenvalue weighted by atomic mass is 9.92. The molecule has 0 bridgehead atoms. The van der Waals surface area contributed by atoms with Crippen LogP contribution in [0, 0.1) is 5.92 Å². The van der Waals surface area contributed by atoms with Gasteiger partial charge in [0.2, 0.25) is 15.9 Å². The molecule has 0 radical (unpaired) electrons. The highest BCUT2D eigenvalue weighted by Gasteiger charge is 2.33. The molecule has 0 aromatic heterocycles. The summed E-state index contributed by atoms with van der Waals surface area (Å²) in [7, 11) is -3.23. The van der Waals surface area contributed by atoms with Gasteiger partial charge in [0.15, 0.2) is 0 Å². The summed E-state index contributed by atoms with van der Waals surface area (Å²) in [5.74, 6) is -0.233. The van der Waals surface area contributed by atoms with Crippen molar-refractivity contribution in [2.45, 2.75) is 45.6 Å². The summed E-state index contributed by atoms with van der Waals surface area (Å²) in [6.45, 7) is 6.46.